The molecule has 1 atom stereocenters. The van der Waals surface area contributed by atoms with Crippen LogP contribution in [0.3, 0.4) is 0 Å². The lowest BCUT2D eigenvalue weighted by atomic mass is 10.3. The molecule has 18 heavy (non-hydrogen) atoms. The SMILES string of the molecule is O=[N+]([O-])c1ccc(Cl)c(S(=O)(=O)CC(Br)CBr)c1. The molecule has 0 N–H and O–H groups in total. The zero-order valence-corrected chi connectivity index (χ0v) is 13.6. The Morgan fingerprint density at radius 3 is 2.56 bits per heavy atom. The van der Waals surface area contributed by atoms with Gasteiger partial charge in [-0.3, -0.25) is 10.1 Å². The summed E-state index contributed by atoms with van der Waals surface area (Å²) >= 11 is 12.1. The largest absolute Gasteiger partial charge is 0.270 e. The van der Waals surface area contributed by atoms with E-state index in [9.17, 15) is 18.5 Å². The van der Waals surface area contributed by atoms with Gasteiger partial charge in [-0.15, -0.1) is 0 Å². The normalized spacial score (nSPS) is 13.3. The van der Waals surface area contributed by atoms with Gasteiger partial charge in [-0.1, -0.05) is 43.5 Å². The van der Waals surface area contributed by atoms with Gasteiger partial charge in [-0.05, 0) is 6.07 Å². The first-order valence-electron chi connectivity index (χ1n) is 4.64. The molecule has 0 amide bonds. The van der Waals surface area contributed by atoms with Crippen molar-refractivity contribution in [3.05, 3.63) is 33.3 Å². The fourth-order valence-corrected chi connectivity index (χ4v) is 4.70. The van der Waals surface area contributed by atoms with Crippen LogP contribution >= 0.6 is 43.5 Å². The van der Waals surface area contributed by atoms with Crippen LogP contribution in [0.1, 0.15) is 0 Å². The number of alkyl halides is 2. The van der Waals surface area contributed by atoms with Gasteiger partial charge >= 0.3 is 0 Å². The molecule has 1 unspecified atom stereocenters. The van der Waals surface area contributed by atoms with E-state index in [4.69, 9.17) is 11.6 Å². The van der Waals surface area contributed by atoms with Crippen molar-refractivity contribution in [1.82, 2.24) is 0 Å². The van der Waals surface area contributed by atoms with Crippen molar-refractivity contribution in [2.45, 2.75) is 9.72 Å². The van der Waals surface area contributed by atoms with E-state index < -0.39 is 14.8 Å². The fraction of sp³-hybridized carbons (Fsp3) is 0.333. The molecule has 0 spiro atoms. The summed E-state index contributed by atoms with van der Waals surface area (Å²) in [6.07, 6.45) is 0. The van der Waals surface area contributed by atoms with Gasteiger partial charge in [0.15, 0.2) is 9.84 Å². The second-order valence-corrected chi connectivity index (χ2v) is 7.76. The Bertz CT molecular complexity index is 564. The van der Waals surface area contributed by atoms with Gasteiger partial charge in [-0.25, -0.2) is 8.42 Å². The minimum absolute atomic E-state index is 0.0186. The molecule has 0 aliphatic heterocycles. The van der Waals surface area contributed by atoms with Gasteiger partial charge in [0.2, 0.25) is 0 Å². The highest BCUT2D eigenvalue weighted by Gasteiger charge is 2.24. The van der Waals surface area contributed by atoms with Crippen LogP contribution in [0.4, 0.5) is 5.69 Å². The Labute approximate surface area is 126 Å². The minimum Gasteiger partial charge on any atom is -0.258 e. The molecule has 0 bridgehead atoms. The minimum atomic E-state index is -3.67. The van der Waals surface area contributed by atoms with E-state index in [2.05, 4.69) is 31.9 Å². The highest BCUT2D eigenvalue weighted by Crippen LogP contribution is 2.28. The van der Waals surface area contributed by atoms with Crippen molar-refractivity contribution in [1.29, 1.82) is 0 Å². The number of nitro benzene ring substituents is 1. The summed E-state index contributed by atoms with van der Waals surface area (Å²) in [5.74, 6) is -0.195. The van der Waals surface area contributed by atoms with Crippen molar-refractivity contribution < 1.29 is 13.3 Å². The molecule has 5 nitrogen and oxygen atoms in total. The molecule has 1 aromatic carbocycles. The molecule has 0 aliphatic carbocycles. The number of halogens is 3. The molecule has 9 heteroatoms. The van der Waals surface area contributed by atoms with Gasteiger partial charge in [0.25, 0.3) is 5.69 Å². The van der Waals surface area contributed by atoms with Crippen molar-refractivity contribution in [2.75, 3.05) is 11.1 Å². The molecule has 0 saturated carbocycles. The lowest BCUT2D eigenvalue weighted by molar-refractivity contribution is -0.385. The standard InChI is InChI=1S/C9H8Br2ClNO4S/c10-4-6(11)5-18(16,17)9-3-7(13(14)15)1-2-8(9)12/h1-3,6H,4-5H2. The molecule has 0 saturated heterocycles. The molecule has 1 aromatic rings. The predicted molar refractivity (Wildman–Crippen MR) is 76.7 cm³/mol. The average molecular weight is 421 g/mol. The Hall–Kier alpha value is -0.180. The summed E-state index contributed by atoms with van der Waals surface area (Å²) in [6.45, 7) is 0. The summed E-state index contributed by atoms with van der Waals surface area (Å²) in [5, 5.41) is 11.0. The first-order chi connectivity index (χ1) is 8.27. The maximum atomic E-state index is 12.0. The topological polar surface area (TPSA) is 77.3 Å². The summed E-state index contributed by atoms with van der Waals surface area (Å²) in [6, 6.07) is 3.35. The van der Waals surface area contributed by atoms with E-state index >= 15 is 0 Å². The fourth-order valence-electron chi connectivity index (χ4n) is 1.22. The number of nitrogens with zero attached hydrogens (tertiary/aromatic N) is 1. The number of nitro groups is 1. The quantitative estimate of drug-likeness (QED) is 0.416. The van der Waals surface area contributed by atoms with Crippen LogP contribution < -0.4 is 0 Å². The van der Waals surface area contributed by atoms with Crippen LogP contribution in [0, 0.1) is 10.1 Å². The van der Waals surface area contributed by atoms with Crippen LogP contribution in [0.2, 0.25) is 5.02 Å². The molecular formula is C9H8Br2ClNO4S. The highest BCUT2D eigenvalue weighted by molar-refractivity contribution is 9.12. The van der Waals surface area contributed by atoms with Crippen LogP contribution in [0.25, 0.3) is 0 Å². The Kier molecular flexibility index (Phi) is 5.57. The zero-order chi connectivity index (χ0) is 13.9. The molecule has 1 rings (SSSR count). The second kappa shape index (κ2) is 6.31. The number of sulfone groups is 1. The lowest BCUT2D eigenvalue weighted by Crippen LogP contribution is -2.17. The van der Waals surface area contributed by atoms with Crippen molar-refractivity contribution >= 4 is 59.0 Å². The monoisotopic (exact) mass is 419 g/mol. The molecular weight excluding hydrogens is 413 g/mol. The predicted octanol–water partition coefficient (Wildman–Crippen LogP) is 3.18. The van der Waals surface area contributed by atoms with Gasteiger partial charge in [0.1, 0.15) is 0 Å². The third kappa shape index (κ3) is 3.91. The number of benzene rings is 1. The van der Waals surface area contributed by atoms with E-state index in [1.807, 2.05) is 0 Å². The van der Waals surface area contributed by atoms with Crippen LogP contribution in [-0.4, -0.2) is 29.3 Å². The van der Waals surface area contributed by atoms with Crippen molar-refractivity contribution in [3.8, 4) is 0 Å². The van der Waals surface area contributed by atoms with E-state index in [1.54, 1.807) is 0 Å². The van der Waals surface area contributed by atoms with Gasteiger partial charge in [0, 0.05) is 22.3 Å². The Balaban J connectivity index is 3.23. The zero-order valence-electron chi connectivity index (χ0n) is 8.85. The van der Waals surface area contributed by atoms with E-state index in [0.717, 1.165) is 12.1 Å². The summed E-state index contributed by atoms with van der Waals surface area (Å²) in [5.41, 5.74) is -0.303. The van der Waals surface area contributed by atoms with Crippen molar-refractivity contribution in [2.24, 2.45) is 0 Å². The number of rotatable bonds is 5. The lowest BCUT2D eigenvalue weighted by Gasteiger charge is -2.09. The maximum absolute atomic E-state index is 12.0. The number of hydrogen-bond acceptors (Lipinski definition) is 4. The molecule has 0 aromatic heterocycles. The van der Waals surface area contributed by atoms with E-state index in [-0.39, 0.29) is 26.2 Å². The summed E-state index contributed by atoms with van der Waals surface area (Å²) in [4.78, 5) is 9.45. The molecule has 0 fully saturated rings. The highest BCUT2D eigenvalue weighted by atomic mass is 79.9. The van der Waals surface area contributed by atoms with E-state index in [0.29, 0.717) is 5.33 Å². The number of non-ortho nitro benzene ring substituents is 1. The molecule has 100 valence electrons. The number of hydrogen-bond donors (Lipinski definition) is 0. The first kappa shape index (κ1) is 15.9. The third-order valence-corrected chi connectivity index (χ3v) is 7.05. The smallest absolute Gasteiger partial charge is 0.258 e. The van der Waals surface area contributed by atoms with Gasteiger partial charge < -0.3 is 0 Å². The van der Waals surface area contributed by atoms with Crippen molar-refractivity contribution in [3.63, 3.8) is 0 Å². The first-order valence-corrected chi connectivity index (χ1v) is 8.71. The molecule has 0 aliphatic rings. The Morgan fingerprint density at radius 1 is 1.44 bits per heavy atom. The molecule has 0 heterocycles. The average Bonchev–Trinajstić information content (AvgIpc) is 2.28. The van der Waals surface area contributed by atoms with Crippen LogP contribution in [0.15, 0.2) is 23.1 Å². The second-order valence-electron chi connectivity index (χ2n) is 3.40. The van der Waals surface area contributed by atoms with Gasteiger partial charge in [-0.2, -0.15) is 0 Å². The molecule has 0 radical (unpaired) electrons. The van der Waals surface area contributed by atoms with E-state index in [1.165, 1.54) is 6.07 Å². The van der Waals surface area contributed by atoms with Crippen LogP contribution in [0.5, 0.6) is 0 Å². The third-order valence-electron chi connectivity index (χ3n) is 2.03. The summed E-state index contributed by atoms with van der Waals surface area (Å²) < 4.78 is 24.1. The van der Waals surface area contributed by atoms with Crippen LogP contribution in [-0.2, 0) is 9.84 Å². The summed E-state index contributed by atoms with van der Waals surface area (Å²) in [7, 11) is -3.67. The van der Waals surface area contributed by atoms with Gasteiger partial charge in [0.05, 0.1) is 20.6 Å². The Morgan fingerprint density at radius 2 is 2.06 bits per heavy atom. The maximum Gasteiger partial charge on any atom is 0.270 e.